The van der Waals surface area contributed by atoms with Gasteiger partial charge < -0.3 is 20.1 Å². The van der Waals surface area contributed by atoms with E-state index in [-0.39, 0.29) is 18.9 Å². The number of hydrogen-bond donors (Lipinski definition) is 2. The summed E-state index contributed by atoms with van der Waals surface area (Å²) in [7, 11) is 0. The average Bonchev–Trinajstić information content (AvgIpc) is 2.79. The van der Waals surface area contributed by atoms with E-state index in [4.69, 9.17) is 4.74 Å². The van der Waals surface area contributed by atoms with Gasteiger partial charge in [0.25, 0.3) is 0 Å². The number of aromatic nitrogens is 2. The van der Waals surface area contributed by atoms with Crippen molar-refractivity contribution in [3.63, 3.8) is 0 Å². The van der Waals surface area contributed by atoms with Crippen molar-refractivity contribution in [2.45, 2.75) is 64.3 Å². The number of nitrogens with zero attached hydrogens (tertiary/aromatic N) is 3. The highest BCUT2D eigenvalue weighted by Gasteiger charge is 2.32. The Morgan fingerprint density at radius 3 is 2.44 bits per heavy atom. The van der Waals surface area contributed by atoms with Crippen LogP contribution in [0.4, 0.5) is 18.0 Å². The molecule has 11 heteroatoms. The molecular weight excluding hydrogens is 477 g/mol. The van der Waals surface area contributed by atoms with Crippen LogP contribution in [0.2, 0.25) is 0 Å². The van der Waals surface area contributed by atoms with Gasteiger partial charge in [-0.25, -0.2) is 4.79 Å². The number of ether oxygens (including phenoxy) is 1. The van der Waals surface area contributed by atoms with Crippen molar-refractivity contribution in [3.05, 3.63) is 59.7 Å². The van der Waals surface area contributed by atoms with Crippen molar-refractivity contribution in [3.8, 4) is 0 Å². The summed E-state index contributed by atoms with van der Waals surface area (Å²) in [4.78, 5) is 33.6. The van der Waals surface area contributed by atoms with E-state index in [0.29, 0.717) is 43.5 Å². The quantitative estimate of drug-likeness (QED) is 0.437. The van der Waals surface area contributed by atoms with Crippen molar-refractivity contribution >= 4 is 12.0 Å². The Balaban J connectivity index is 1.93. The first-order chi connectivity index (χ1) is 16.8. The van der Waals surface area contributed by atoms with E-state index in [1.807, 2.05) is 0 Å². The predicted molar refractivity (Wildman–Crippen MR) is 127 cm³/mol. The van der Waals surface area contributed by atoms with Gasteiger partial charge in [0, 0.05) is 37.2 Å². The highest BCUT2D eigenvalue weighted by Crippen LogP contribution is 2.27. The maximum Gasteiger partial charge on any atom is 0.433 e. The third kappa shape index (κ3) is 10.6. The Morgan fingerprint density at radius 1 is 1.11 bits per heavy atom. The number of alkyl halides is 3. The fraction of sp³-hybridized carbons (Fsp3) is 0.520. The lowest BCUT2D eigenvalue weighted by Gasteiger charge is -2.26. The summed E-state index contributed by atoms with van der Waals surface area (Å²) in [5.74, 6) is -0.341. The number of carbonyl (C=O) groups is 2. The van der Waals surface area contributed by atoms with Gasteiger partial charge in [0.15, 0.2) is 0 Å². The first kappa shape index (κ1) is 29.0. The molecule has 0 bridgehead atoms. The van der Waals surface area contributed by atoms with Crippen LogP contribution in [0.15, 0.2) is 42.9 Å². The first-order valence-corrected chi connectivity index (χ1v) is 11.7. The monoisotopic (exact) mass is 510 g/mol. The molecule has 0 radical (unpaired) electrons. The van der Waals surface area contributed by atoms with Crippen molar-refractivity contribution < 1.29 is 32.6 Å². The summed E-state index contributed by atoms with van der Waals surface area (Å²) < 4.78 is 43.5. The number of aliphatic hydroxyl groups excluding tert-OH is 1. The van der Waals surface area contributed by atoms with Gasteiger partial charge in [-0.05, 0) is 57.7 Å². The van der Waals surface area contributed by atoms with Crippen molar-refractivity contribution in [2.75, 3.05) is 19.6 Å². The summed E-state index contributed by atoms with van der Waals surface area (Å²) in [6.45, 7) is 6.08. The van der Waals surface area contributed by atoms with Crippen LogP contribution in [0.25, 0.3) is 0 Å². The van der Waals surface area contributed by atoms with Crippen LogP contribution in [-0.4, -0.2) is 57.2 Å². The second-order valence-corrected chi connectivity index (χ2v) is 9.36. The van der Waals surface area contributed by atoms with E-state index in [0.717, 1.165) is 12.3 Å². The van der Waals surface area contributed by atoms with E-state index in [1.165, 1.54) is 17.2 Å². The minimum atomic E-state index is -4.55. The Hall–Kier alpha value is -3.21. The molecule has 2 rings (SSSR count). The third-order valence-corrected chi connectivity index (χ3v) is 5.06. The van der Waals surface area contributed by atoms with Crippen molar-refractivity contribution in [1.82, 2.24) is 20.2 Å². The molecule has 8 nitrogen and oxygen atoms in total. The van der Waals surface area contributed by atoms with E-state index in [2.05, 4.69) is 15.3 Å². The van der Waals surface area contributed by atoms with Crippen molar-refractivity contribution in [1.29, 1.82) is 0 Å². The predicted octanol–water partition coefficient (Wildman–Crippen LogP) is 4.30. The Kier molecular flexibility index (Phi) is 10.6. The number of alkyl carbamates (subject to hydrolysis) is 1. The topological polar surface area (TPSA) is 105 Å². The molecule has 1 atom stereocenters. The number of pyridine rings is 2. The molecule has 0 unspecified atom stereocenters. The number of nitrogens with one attached hydrogen (secondary N) is 1. The Labute approximate surface area is 208 Å². The molecule has 0 aliphatic carbocycles. The zero-order chi connectivity index (χ0) is 26.8. The zero-order valence-electron chi connectivity index (χ0n) is 20.7. The molecule has 0 saturated carbocycles. The number of halogens is 3. The molecule has 2 N–H and O–H groups in total. The highest BCUT2D eigenvalue weighted by atomic mass is 19.4. The third-order valence-electron chi connectivity index (χ3n) is 5.06. The summed E-state index contributed by atoms with van der Waals surface area (Å²) in [6, 6.07) is 5.44. The van der Waals surface area contributed by atoms with Gasteiger partial charge in [0.05, 0.1) is 19.1 Å². The fourth-order valence-electron chi connectivity index (χ4n) is 3.30. The van der Waals surface area contributed by atoms with Gasteiger partial charge >= 0.3 is 12.3 Å². The number of amides is 2. The smallest absolute Gasteiger partial charge is 0.433 e. The Morgan fingerprint density at radius 2 is 1.86 bits per heavy atom. The fourth-order valence-corrected chi connectivity index (χ4v) is 3.30. The normalized spacial score (nSPS) is 12.6. The number of aliphatic hydroxyl groups is 1. The molecule has 0 saturated heterocycles. The van der Waals surface area contributed by atoms with Crippen LogP contribution in [0.1, 0.15) is 63.0 Å². The summed E-state index contributed by atoms with van der Waals surface area (Å²) in [5.41, 5.74) is -0.714. The van der Waals surface area contributed by atoms with E-state index in [1.54, 1.807) is 39.1 Å². The average molecular weight is 511 g/mol. The lowest BCUT2D eigenvalue weighted by Crippen LogP contribution is -2.37. The molecular formula is C25H33F3N4O4. The van der Waals surface area contributed by atoms with Crippen LogP contribution in [0.5, 0.6) is 0 Å². The minimum Gasteiger partial charge on any atom is -0.444 e. The molecule has 0 aliphatic heterocycles. The van der Waals surface area contributed by atoms with Gasteiger partial charge in [-0.15, -0.1) is 0 Å². The van der Waals surface area contributed by atoms with E-state index in [9.17, 15) is 27.9 Å². The van der Waals surface area contributed by atoms with Crippen LogP contribution in [-0.2, 0) is 22.1 Å². The minimum absolute atomic E-state index is 0.00868. The lowest BCUT2D eigenvalue weighted by atomic mass is 10.1. The zero-order valence-corrected chi connectivity index (χ0v) is 20.7. The van der Waals surface area contributed by atoms with Gasteiger partial charge in [0.1, 0.15) is 11.3 Å². The van der Waals surface area contributed by atoms with E-state index < -0.39 is 29.7 Å². The molecule has 2 amide bonds. The molecule has 0 spiro atoms. The molecule has 36 heavy (non-hydrogen) atoms. The molecule has 2 heterocycles. The van der Waals surface area contributed by atoms with Crippen LogP contribution in [0, 0.1) is 0 Å². The second kappa shape index (κ2) is 13.2. The molecule has 198 valence electrons. The van der Waals surface area contributed by atoms with E-state index >= 15 is 0 Å². The lowest BCUT2D eigenvalue weighted by molar-refractivity contribution is -0.141. The molecule has 2 aromatic rings. The summed E-state index contributed by atoms with van der Waals surface area (Å²) in [6.07, 6.45) is -0.0829. The van der Waals surface area contributed by atoms with Crippen molar-refractivity contribution in [2.24, 2.45) is 0 Å². The Bertz CT molecular complexity index is 964. The summed E-state index contributed by atoms with van der Waals surface area (Å²) >= 11 is 0. The summed E-state index contributed by atoms with van der Waals surface area (Å²) in [5, 5.41) is 13.3. The van der Waals surface area contributed by atoms with Gasteiger partial charge in [-0.2, -0.15) is 13.2 Å². The highest BCUT2D eigenvalue weighted by molar-refractivity contribution is 5.78. The molecule has 0 fully saturated rings. The standard InChI is InChI=1S/C25H33F3N4O4/c1-24(2,3)36-23(35)30-12-5-4-6-13-32(17-20(33)19-8-7-11-29-16-19)22(34)14-18-9-10-21(31-15-18)25(26,27)28/h7-11,15-16,20,33H,4-6,12-14,17H2,1-3H3,(H,30,35)/t20-/m1/s1. The molecule has 0 aliphatic rings. The van der Waals surface area contributed by atoms with Crippen LogP contribution < -0.4 is 5.32 Å². The number of carbonyl (C=O) groups excluding carboxylic acids is 2. The first-order valence-electron chi connectivity index (χ1n) is 11.7. The number of hydrogen-bond acceptors (Lipinski definition) is 6. The van der Waals surface area contributed by atoms with Crippen LogP contribution in [0.3, 0.4) is 0 Å². The number of rotatable bonds is 11. The van der Waals surface area contributed by atoms with Crippen LogP contribution >= 0.6 is 0 Å². The van der Waals surface area contributed by atoms with Gasteiger partial charge in [-0.1, -0.05) is 12.1 Å². The number of unbranched alkanes of at least 4 members (excludes halogenated alkanes) is 2. The SMILES string of the molecule is CC(C)(C)OC(=O)NCCCCCN(C[C@@H](O)c1cccnc1)C(=O)Cc1ccc(C(F)(F)F)nc1. The van der Waals surface area contributed by atoms with Gasteiger partial charge in [0.2, 0.25) is 5.91 Å². The second-order valence-electron chi connectivity index (χ2n) is 9.36. The maximum absolute atomic E-state index is 13.0. The largest absolute Gasteiger partial charge is 0.444 e. The molecule has 0 aromatic carbocycles. The van der Waals surface area contributed by atoms with Gasteiger partial charge in [-0.3, -0.25) is 14.8 Å². The maximum atomic E-state index is 13.0. The molecule has 2 aromatic heterocycles.